The molecule has 2 rings (SSSR count). The average molecular weight is 360 g/mol. The molecule has 2 atom stereocenters. The number of carboxylic acid groups (broad SMARTS) is 1. The van der Waals surface area contributed by atoms with E-state index in [1.54, 1.807) is 6.92 Å². The summed E-state index contributed by atoms with van der Waals surface area (Å²) in [5.74, 6) is -1.74. The number of benzene rings is 1. The van der Waals surface area contributed by atoms with Crippen molar-refractivity contribution < 1.29 is 23.8 Å². The zero-order valence-electron chi connectivity index (χ0n) is 11.4. The molecule has 7 heteroatoms. The Balaban J connectivity index is 1.95. The van der Waals surface area contributed by atoms with Crippen LogP contribution in [0.3, 0.4) is 0 Å². The van der Waals surface area contributed by atoms with Gasteiger partial charge in [-0.05, 0) is 47.5 Å². The molecule has 1 aromatic carbocycles. The maximum atomic E-state index is 12.9. The quantitative estimate of drug-likeness (QED) is 0.895. The normalized spacial score (nSPS) is 21.4. The van der Waals surface area contributed by atoms with Crippen molar-refractivity contribution in [2.45, 2.75) is 19.4 Å². The molecule has 1 N–H and O–H groups in total. The molecule has 114 valence electrons. The summed E-state index contributed by atoms with van der Waals surface area (Å²) in [4.78, 5) is 24.6. The maximum absolute atomic E-state index is 12.9. The van der Waals surface area contributed by atoms with Crippen molar-refractivity contribution in [1.82, 2.24) is 4.90 Å². The lowest BCUT2D eigenvalue weighted by Crippen LogP contribution is -2.40. The summed E-state index contributed by atoms with van der Waals surface area (Å²) in [7, 11) is 0. The second kappa shape index (κ2) is 6.43. The van der Waals surface area contributed by atoms with Gasteiger partial charge in [0.05, 0.1) is 10.4 Å². The van der Waals surface area contributed by atoms with E-state index in [9.17, 15) is 14.0 Å². The standard InChI is InChI=1S/C14H15BrFNO4/c1-8-10(14(19)20)4-5-17(8)13(18)7-21-12-3-2-9(16)6-11(12)15/h2-3,6,8,10H,4-5,7H2,1H3,(H,19,20). The number of carbonyl (C=O) groups is 2. The van der Waals surface area contributed by atoms with Crippen LogP contribution in [0.2, 0.25) is 0 Å². The highest BCUT2D eigenvalue weighted by Crippen LogP contribution is 2.27. The Labute approximate surface area is 129 Å². The van der Waals surface area contributed by atoms with Crippen molar-refractivity contribution in [3.8, 4) is 5.75 Å². The molecule has 1 fully saturated rings. The number of halogens is 2. The summed E-state index contributed by atoms with van der Waals surface area (Å²) >= 11 is 3.15. The van der Waals surface area contributed by atoms with Gasteiger partial charge in [0.1, 0.15) is 11.6 Å². The highest BCUT2D eigenvalue weighted by molar-refractivity contribution is 9.10. The SMILES string of the molecule is CC1C(C(=O)O)CCN1C(=O)COc1ccc(F)cc1Br. The smallest absolute Gasteiger partial charge is 0.308 e. The number of ether oxygens (including phenoxy) is 1. The van der Waals surface area contributed by atoms with Crippen LogP contribution >= 0.6 is 15.9 Å². The summed E-state index contributed by atoms with van der Waals surface area (Å²) in [6.45, 7) is 1.92. The number of nitrogens with zero attached hydrogens (tertiary/aromatic N) is 1. The summed E-state index contributed by atoms with van der Waals surface area (Å²) in [6, 6.07) is 3.57. The molecule has 5 nitrogen and oxygen atoms in total. The Kier molecular flexibility index (Phi) is 4.82. The highest BCUT2D eigenvalue weighted by Gasteiger charge is 2.38. The zero-order valence-corrected chi connectivity index (χ0v) is 13.0. The van der Waals surface area contributed by atoms with Crippen molar-refractivity contribution in [3.63, 3.8) is 0 Å². The van der Waals surface area contributed by atoms with Gasteiger partial charge in [-0.1, -0.05) is 0 Å². The molecule has 0 spiro atoms. The van der Waals surface area contributed by atoms with Gasteiger partial charge >= 0.3 is 5.97 Å². The number of rotatable bonds is 4. The van der Waals surface area contributed by atoms with Crippen LogP contribution in [0.5, 0.6) is 5.75 Å². The molecule has 0 bridgehead atoms. The number of likely N-dealkylation sites (tertiary alicyclic amines) is 1. The minimum Gasteiger partial charge on any atom is -0.483 e. The molecule has 0 aliphatic carbocycles. The largest absolute Gasteiger partial charge is 0.483 e. The predicted molar refractivity (Wildman–Crippen MR) is 76.5 cm³/mol. The van der Waals surface area contributed by atoms with E-state index in [1.807, 2.05) is 0 Å². The zero-order chi connectivity index (χ0) is 15.6. The molecular formula is C14H15BrFNO4. The predicted octanol–water partition coefficient (Wildman–Crippen LogP) is 2.29. The van der Waals surface area contributed by atoms with Gasteiger partial charge in [-0.25, -0.2) is 4.39 Å². The van der Waals surface area contributed by atoms with E-state index < -0.39 is 17.7 Å². The molecule has 1 aromatic rings. The first kappa shape index (κ1) is 15.8. The monoisotopic (exact) mass is 359 g/mol. The van der Waals surface area contributed by atoms with E-state index in [-0.39, 0.29) is 18.6 Å². The van der Waals surface area contributed by atoms with Crippen LogP contribution < -0.4 is 4.74 Å². The Morgan fingerprint density at radius 3 is 2.81 bits per heavy atom. The van der Waals surface area contributed by atoms with E-state index in [2.05, 4.69) is 15.9 Å². The van der Waals surface area contributed by atoms with Crippen LogP contribution in [0.1, 0.15) is 13.3 Å². The first-order valence-corrected chi connectivity index (χ1v) is 7.29. The first-order valence-electron chi connectivity index (χ1n) is 6.50. The lowest BCUT2D eigenvalue weighted by molar-refractivity contribution is -0.143. The molecule has 0 saturated carbocycles. The minimum atomic E-state index is -0.889. The fraction of sp³-hybridized carbons (Fsp3) is 0.429. The number of amides is 1. The molecule has 1 aliphatic rings. The van der Waals surface area contributed by atoms with Gasteiger partial charge in [-0.15, -0.1) is 0 Å². The van der Waals surface area contributed by atoms with Gasteiger partial charge in [-0.2, -0.15) is 0 Å². The molecule has 1 heterocycles. The van der Waals surface area contributed by atoms with E-state index in [1.165, 1.54) is 23.1 Å². The highest BCUT2D eigenvalue weighted by atomic mass is 79.9. The Morgan fingerprint density at radius 2 is 2.24 bits per heavy atom. The third-order valence-corrected chi connectivity index (χ3v) is 4.26. The van der Waals surface area contributed by atoms with Gasteiger partial charge < -0.3 is 14.7 Å². The van der Waals surface area contributed by atoms with Crippen LogP contribution in [0.15, 0.2) is 22.7 Å². The molecule has 0 aromatic heterocycles. The lowest BCUT2D eigenvalue weighted by Gasteiger charge is -2.23. The summed E-state index contributed by atoms with van der Waals surface area (Å²) < 4.78 is 18.7. The van der Waals surface area contributed by atoms with Gasteiger partial charge in [0.2, 0.25) is 0 Å². The molecule has 1 saturated heterocycles. The van der Waals surface area contributed by atoms with Crippen LogP contribution in [0.4, 0.5) is 4.39 Å². The Hall–Kier alpha value is -1.63. The lowest BCUT2D eigenvalue weighted by atomic mass is 10.0. The average Bonchev–Trinajstić information content (AvgIpc) is 2.79. The van der Waals surface area contributed by atoms with Crippen LogP contribution in [0.25, 0.3) is 0 Å². The molecule has 1 amide bonds. The number of hydrogen-bond donors (Lipinski definition) is 1. The van der Waals surface area contributed by atoms with Gasteiger partial charge in [0.25, 0.3) is 5.91 Å². The van der Waals surface area contributed by atoms with Crippen molar-refractivity contribution in [2.24, 2.45) is 5.92 Å². The van der Waals surface area contributed by atoms with Gasteiger partial charge in [0.15, 0.2) is 6.61 Å². The number of aliphatic carboxylic acids is 1. The topological polar surface area (TPSA) is 66.8 Å². The molecule has 2 unspecified atom stereocenters. The maximum Gasteiger partial charge on any atom is 0.308 e. The second-order valence-electron chi connectivity index (χ2n) is 4.92. The van der Waals surface area contributed by atoms with Gasteiger partial charge in [0, 0.05) is 12.6 Å². The van der Waals surface area contributed by atoms with E-state index in [0.29, 0.717) is 23.2 Å². The number of carbonyl (C=O) groups excluding carboxylic acids is 1. The Bertz CT molecular complexity index is 566. The van der Waals surface area contributed by atoms with Crippen molar-refractivity contribution in [2.75, 3.05) is 13.2 Å². The van der Waals surface area contributed by atoms with Crippen molar-refractivity contribution in [3.05, 3.63) is 28.5 Å². The number of hydrogen-bond acceptors (Lipinski definition) is 3. The van der Waals surface area contributed by atoms with E-state index in [0.717, 1.165) is 0 Å². The molecule has 0 radical (unpaired) electrons. The first-order chi connectivity index (χ1) is 9.90. The summed E-state index contributed by atoms with van der Waals surface area (Å²) in [5, 5.41) is 9.04. The van der Waals surface area contributed by atoms with Crippen molar-refractivity contribution >= 4 is 27.8 Å². The van der Waals surface area contributed by atoms with Crippen LogP contribution in [-0.2, 0) is 9.59 Å². The second-order valence-corrected chi connectivity index (χ2v) is 5.78. The molecular weight excluding hydrogens is 345 g/mol. The fourth-order valence-corrected chi connectivity index (χ4v) is 2.90. The molecule has 21 heavy (non-hydrogen) atoms. The van der Waals surface area contributed by atoms with E-state index >= 15 is 0 Å². The summed E-state index contributed by atoms with van der Waals surface area (Å²) in [5.41, 5.74) is 0. The van der Waals surface area contributed by atoms with Gasteiger partial charge in [-0.3, -0.25) is 9.59 Å². The molecule has 1 aliphatic heterocycles. The van der Waals surface area contributed by atoms with Crippen LogP contribution in [-0.4, -0.2) is 41.1 Å². The third kappa shape index (κ3) is 3.53. The van der Waals surface area contributed by atoms with E-state index in [4.69, 9.17) is 9.84 Å². The third-order valence-electron chi connectivity index (χ3n) is 3.64. The number of carboxylic acids is 1. The van der Waals surface area contributed by atoms with Crippen molar-refractivity contribution in [1.29, 1.82) is 0 Å². The summed E-state index contributed by atoms with van der Waals surface area (Å²) in [6.07, 6.45) is 0.447. The Morgan fingerprint density at radius 1 is 1.52 bits per heavy atom. The fourth-order valence-electron chi connectivity index (χ4n) is 2.44. The minimum absolute atomic E-state index is 0.207. The van der Waals surface area contributed by atoms with Crippen LogP contribution in [0, 0.1) is 11.7 Å².